The van der Waals surface area contributed by atoms with Crippen molar-refractivity contribution in [2.24, 2.45) is 0 Å². The van der Waals surface area contributed by atoms with E-state index in [1.807, 2.05) is 19.1 Å². The number of benzene rings is 2. The molecular weight excluding hydrogens is 234 g/mol. The predicted molar refractivity (Wildman–Crippen MR) is 69.3 cm³/mol. The molecule has 88 valence electrons. The molecule has 0 amide bonds. The lowest BCUT2D eigenvalue weighted by Crippen LogP contribution is -2.04. The zero-order valence-corrected chi connectivity index (χ0v) is 10.2. The quantitative estimate of drug-likeness (QED) is 0.819. The van der Waals surface area contributed by atoms with Gasteiger partial charge in [0.05, 0.1) is 10.6 Å². The molecule has 0 fully saturated rings. The van der Waals surface area contributed by atoms with Gasteiger partial charge in [0, 0.05) is 0 Å². The van der Waals surface area contributed by atoms with Gasteiger partial charge in [-0.2, -0.15) is 0 Å². The van der Waals surface area contributed by atoms with Gasteiger partial charge in [-0.15, -0.1) is 0 Å². The Hall–Kier alpha value is -1.81. The molecule has 4 heteroatoms. The molecule has 3 nitrogen and oxygen atoms in total. The molecule has 2 aromatic rings. The molecule has 0 spiro atoms. The number of aryl methyl sites for hydroxylation is 1. The maximum atomic E-state index is 12.0. The van der Waals surface area contributed by atoms with Crippen molar-refractivity contribution in [1.82, 2.24) is 0 Å². The molecule has 0 aromatic heterocycles. The summed E-state index contributed by atoms with van der Waals surface area (Å²) in [7, 11) is -1.36. The number of aromatic hydroxyl groups is 1. The third kappa shape index (κ3) is 2.85. The van der Waals surface area contributed by atoms with Crippen molar-refractivity contribution < 1.29 is 9.32 Å². The highest BCUT2D eigenvalue weighted by molar-refractivity contribution is 7.86. The summed E-state index contributed by atoms with van der Waals surface area (Å²) in [5.41, 5.74) is 1.58. The molecule has 0 aliphatic heterocycles. The molecule has 0 heterocycles. The highest BCUT2D eigenvalue weighted by Crippen LogP contribution is 2.23. The van der Waals surface area contributed by atoms with Gasteiger partial charge < -0.3 is 5.11 Å². The summed E-state index contributed by atoms with van der Waals surface area (Å²) in [4.78, 5) is 0.679. The summed E-state index contributed by atoms with van der Waals surface area (Å²) in [6, 6.07) is 14.1. The monoisotopic (exact) mass is 247 g/mol. The Labute approximate surface area is 103 Å². The van der Waals surface area contributed by atoms with Crippen LogP contribution >= 0.6 is 0 Å². The smallest absolute Gasteiger partial charge is 0.150 e. The number of rotatable bonds is 3. The van der Waals surface area contributed by atoms with Crippen molar-refractivity contribution in [2.75, 3.05) is 4.72 Å². The van der Waals surface area contributed by atoms with Crippen molar-refractivity contribution in [3.05, 3.63) is 54.1 Å². The van der Waals surface area contributed by atoms with Crippen LogP contribution in [0, 0.1) is 6.92 Å². The minimum Gasteiger partial charge on any atom is -0.506 e. The zero-order chi connectivity index (χ0) is 12.3. The number of phenols is 1. The van der Waals surface area contributed by atoms with Gasteiger partial charge in [0.15, 0.2) is 0 Å². The number of hydrogen-bond donors (Lipinski definition) is 2. The second-order valence-corrected chi connectivity index (χ2v) is 4.91. The number of anilines is 1. The summed E-state index contributed by atoms with van der Waals surface area (Å²) < 4.78 is 14.7. The second kappa shape index (κ2) is 5.01. The highest BCUT2D eigenvalue weighted by Gasteiger charge is 2.06. The molecular formula is C13H13NO2S. The zero-order valence-electron chi connectivity index (χ0n) is 9.38. The fourth-order valence-electron chi connectivity index (χ4n) is 1.38. The Balaban J connectivity index is 2.17. The van der Waals surface area contributed by atoms with Gasteiger partial charge >= 0.3 is 0 Å². The van der Waals surface area contributed by atoms with E-state index >= 15 is 0 Å². The normalized spacial score (nSPS) is 12.1. The van der Waals surface area contributed by atoms with Crippen LogP contribution in [0.1, 0.15) is 5.56 Å². The summed E-state index contributed by atoms with van der Waals surface area (Å²) in [5, 5.41) is 9.55. The molecule has 1 atom stereocenters. The molecule has 0 bridgehead atoms. The lowest BCUT2D eigenvalue weighted by atomic mass is 10.2. The topological polar surface area (TPSA) is 49.3 Å². The van der Waals surface area contributed by atoms with Gasteiger partial charge in [-0.05, 0) is 31.2 Å². The van der Waals surface area contributed by atoms with Crippen LogP contribution in [-0.4, -0.2) is 9.32 Å². The van der Waals surface area contributed by atoms with Gasteiger partial charge in [0.2, 0.25) is 0 Å². The van der Waals surface area contributed by atoms with E-state index in [2.05, 4.69) is 4.72 Å². The standard InChI is InChI=1S/C13H13NO2S/c1-10-6-8-11(9-7-10)17(16)14-12-4-2-3-5-13(12)15/h2-9,14-15H,1H3. The fraction of sp³-hybridized carbons (Fsp3) is 0.0769. The number of nitrogens with one attached hydrogen (secondary N) is 1. The Morgan fingerprint density at radius 3 is 2.35 bits per heavy atom. The molecule has 0 saturated carbocycles. The highest BCUT2D eigenvalue weighted by atomic mass is 32.2. The fourth-order valence-corrected chi connectivity index (χ4v) is 2.25. The molecule has 2 N–H and O–H groups in total. The first kappa shape index (κ1) is 11.7. The Morgan fingerprint density at radius 2 is 1.71 bits per heavy atom. The van der Waals surface area contributed by atoms with E-state index in [1.54, 1.807) is 36.4 Å². The van der Waals surface area contributed by atoms with E-state index in [4.69, 9.17) is 0 Å². The second-order valence-electron chi connectivity index (χ2n) is 3.70. The summed E-state index contributed by atoms with van der Waals surface area (Å²) in [5.74, 6) is 0.0907. The van der Waals surface area contributed by atoms with Gasteiger partial charge in [-0.25, -0.2) is 4.21 Å². The third-order valence-electron chi connectivity index (χ3n) is 2.34. The first-order valence-corrected chi connectivity index (χ1v) is 6.35. The van der Waals surface area contributed by atoms with Crippen LogP contribution in [0.25, 0.3) is 0 Å². The minimum atomic E-state index is -1.36. The number of para-hydroxylation sites is 2. The largest absolute Gasteiger partial charge is 0.506 e. The first-order valence-electron chi connectivity index (χ1n) is 5.20. The van der Waals surface area contributed by atoms with Gasteiger partial charge in [-0.1, -0.05) is 29.8 Å². The van der Waals surface area contributed by atoms with Crippen LogP contribution in [0.2, 0.25) is 0 Å². The Kier molecular flexibility index (Phi) is 3.44. The van der Waals surface area contributed by atoms with Crippen molar-refractivity contribution in [3.8, 4) is 5.75 Å². The van der Waals surface area contributed by atoms with Crippen LogP contribution in [0.15, 0.2) is 53.4 Å². The predicted octanol–water partition coefficient (Wildman–Crippen LogP) is 2.84. The van der Waals surface area contributed by atoms with E-state index in [1.165, 1.54) is 0 Å². The SMILES string of the molecule is Cc1ccc(S(=O)Nc2ccccc2O)cc1. The van der Waals surface area contributed by atoms with Gasteiger partial charge in [0.1, 0.15) is 16.7 Å². The number of hydrogen-bond acceptors (Lipinski definition) is 2. The van der Waals surface area contributed by atoms with Crippen molar-refractivity contribution >= 4 is 16.7 Å². The summed E-state index contributed by atoms with van der Waals surface area (Å²) in [6.07, 6.45) is 0. The first-order chi connectivity index (χ1) is 8.16. The van der Waals surface area contributed by atoms with E-state index in [-0.39, 0.29) is 5.75 Å². The van der Waals surface area contributed by atoms with E-state index in [9.17, 15) is 9.32 Å². The summed E-state index contributed by atoms with van der Waals surface area (Å²) >= 11 is 0. The molecule has 0 saturated heterocycles. The molecule has 0 radical (unpaired) electrons. The molecule has 1 unspecified atom stereocenters. The van der Waals surface area contributed by atoms with Crippen LogP contribution in [0.3, 0.4) is 0 Å². The molecule has 0 aliphatic rings. The van der Waals surface area contributed by atoms with Crippen LogP contribution < -0.4 is 4.72 Å². The molecule has 2 rings (SSSR count). The van der Waals surface area contributed by atoms with Crippen molar-refractivity contribution in [2.45, 2.75) is 11.8 Å². The van der Waals surface area contributed by atoms with Crippen molar-refractivity contribution in [1.29, 1.82) is 0 Å². The maximum Gasteiger partial charge on any atom is 0.150 e. The lowest BCUT2D eigenvalue weighted by Gasteiger charge is -2.07. The lowest BCUT2D eigenvalue weighted by molar-refractivity contribution is 0.478. The van der Waals surface area contributed by atoms with Crippen molar-refractivity contribution in [3.63, 3.8) is 0 Å². The van der Waals surface area contributed by atoms with E-state index in [0.717, 1.165) is 5.56 Å². The third-order valence-corrected chi connectivity index (χ3v) is 3.45. The van der Waals surface area contributed by atoms with E-state index < -0.39 is 11.0 Å². The molecule has 2 aromatic carbocycles. The Morgan fingerprint density at radius 1 is 1.06 bits per heavy atom. The Bertz CT molecular complexity index is 537. The average Bonchev–Trinajstić information content (AvgIpc) is 2.33. The maximum absolute atomic E-state index is 12.0. The minimum absolute atomic E-state index is 0.0907. The van der Waals surface area contributed by atoms with Crippen LogP contribution in [0.4, 0.5) is 5.69 Å². The molecule has 0 aliphatic carbocycles. The van der Waals surface area contributed by atoms with Gasteiger partial charge in [0.25, 0.3) is 0 Å². The van der Waals surface area contributed by atoms with Crippen LogP contribution in [-0.2, 0) is 11.0 Å². The van der Waals surface area contributed by atoms with E-state index in [0.29, 0.717) is 10.6 Å². The molecule has 17 heavy (non-hydrogen) atoms. The summed E-state index contributed by atoms with van der Waals surface area (Å²) in [6.45, 7) is 1.98. The average molecular weight is 247 g/mol. The number of phenolic OH excluding ortho intramolecular Hbond substituents is 1. The van der Waals surface area contributed by atoms with Gasteiger partial charge in [-0.3, -0.25) is 4.72 Å². The van der Waals surface area contributed by atoms with Crippen LogP contribution in [0.5, 0.6) is 5.75 Å².